The third-order valence-electron chi connectivity index (χ3n) is 4.60. The summed E-state index contributed by atoms with van der Waals surface area (Å²) < 4.78 is 10.5. The summed E-state index contributed by atoms with van der Waals surface area (Å²) in [5.41, 5.74) is 1.89. The van der Waals surface area contributed by atoms with Crippen molar-refractivity contribution in [2.24, 2.45) is 0 Å². The van der Waals surface area contributed by atoms with E-state index in [1.807, 2.05) is 66.7 Å². The van der Waals surface area contributed by atoms with Crippen molar-refractivity contribution < 1.29 is 14.3 Å². The molecule has 0 atom stereocenters. The third-order valence-corrected chi connectivity index (χ3v) is 4.60. The molecule has 0 spiro atoms. The van der Waals surface area contributed by atoms with Crippen molar-refractivity contribution >= 4 is 22.8 Å². The second-order valence-corrected chi connectivity index (χ2v) is 6.47. The van der Waals surface area contributed by atoms with Gasteiger partial charge < -0.3 is 14.8 Å². The first-order chi connectivity index (χ1) is 14.1. The van der Waals surface area contributed by atoms with Crippen LogP contribution in [-0.2, 0) is 11.2 Å². The van der Waals surface area contributed by atoms with E-state index >= 15 is 0 Å². The molecule has 5 nitrogen and oxygen atoms in total. The molecule has 146 valence electrons. The van der Waals surface area contributed by atoms with Gasteiger partial charge in [0, 0.05) is 6.54 Å². The number of rotatable bonds is 7. The van der Waals surface area contributed by atoms with Gasteiger partial charge in [-0.15, -0.1) is 0 Å². The first-order valence-corrected chi connectivity index (χ1v) is 9.24. The summed E-state index contributed by atoms with van der Waals surface area (Å²) in [6.45, 7) is 0.408. The molecule has 3 aromatic carbocycles. The molecule has 0 heterocycles. The van der Waals surface area contributed by atoms with Gasteiger partial charge in [-0.05, 0) is 52.6 Å². The molecule has 0 bridgehead atoms. The van der Waals surface area contributed by atoms with Gasteiger partial charge in [0.2, 0.25) is 0 Å². The Morgan fingerprint density at radius 1 is 1.00 bits per heavy atom. The molecule has 0 aliphatic carbocycles. The van der Waals surface area contributed by atoms with Crippen LogP contribution in [0.1, 0.15) is 11.1 Å². The van der Waals surface area contributed by atoms with E-state index in [4.69, 9.17) is 9.47 Å². The predicted molar refractivity (Wildman–Crippen MR) is 114 cm³/mol. The largest absolute Gasteiger partial charge is 0.493 e. The molecule has 5 heteroatoms. The first kappa shape index (κ1) is 20.0. The van der Waals surface area contributed by atoms with E-state index in [0.29, 0.717) is 24.5 Å². The maximum atomic E-state index is 12.4. The van der Waals surface area contributed by atoms with E-state index < -0.39 is 0 Å². The highest BCUT2D eigenvalue weighted by molar-refractivity contribution is 6.02. The van der Waals surface area contributed by atoms with E-state index in [1.165, 1.54) is 0 Å². The number of benzene rings is 3. The normalized spacial score (nSPS) is 11.0. The minimum absolute atomic E-state index is 0.0765. The third kappa shape index (κ3) is 4.94. The fourth-order valence-corrected chi connectivity index (χ4v) is 3.06. The molecule has 0 saturated heterocycles. The van der Waals surface area contributed by atoms with Gasteiger partial charge in [0.15, 0.2) is 11.5 Å². The number of amides is 1. The standard InChI is InChI=1S/C24H22N2O3/c1-28-22-10-8-17(15-23(22)29-2)11-12-26-24(27)21(16-25)14-18-7-9-19-5-3-4-6-20(19)13-18/h3-10,13-15H,11-12H2,1-2H3,(H,26,27)/b21-14-. The Morgan fingerprint density at radius 2 is 1.76 bits per heavy atom. The Morgan fingerprint density at radius 3 is 2.48 bits per heavy atom. The maximum Gasteiger partial charge on any atom is 0.261 e. The van der Waals surface area contributed by atoms with Gasteiger partial charge in [-0.1, -0.05) is 42.5 Å². The van der Waals surface area contributed by atoms with Gasteiger partial charge in [-0.25, -0.2) is 0 Å². The molecule has 1 N–H and O–H groups in total. The number of nitriles is 1. The lowest BCUT2D eigenvalue weighted by Gasteiger charge is -2.10. The number of ether oxygens (including phenoxy) is 2. The predicted octanol–water partition coefficient (Wildman–Crippen LogP) is 4.12. The fraction of sp³-hybridized carbons (Fsp3) is 0.167. The van der Waals surface area contributed by atoms with Crippen LogP contribution in [0, 0.1) is 11.3 Å². The average molecular weight is 386 g/mol. The summed E-state index contributed by atoms with van der Waals surface area (Å²) in [5, 5.41) is 14.4. The molecule has 0 aliphatic heterocycles. The van der Waals surface area contributed by atoms with Crippen LogP contribution in [0.5, 0.6) is 11.5 Å². The number of methoxy groups -OCH3 is 2. The monoisotopic (exact) mass is 386 g/mol. The van der Waals surface area contributed by atoms with Crippen LogP contribution in [0.2, 0.25) is 0 Å². The first-order valence-electron chi connectivity index (χ1n) is 9.24. The molecule has 0 aliphatic rings. The van der Waals surface area contributed by atoms with Crippen LogP contribution in [-0.4, -0.2) is 26.7 Å². The lowest BCUT2D eigenvalue weighted by atomic mass is 10.0. The molecular weight excluding hydrogens is 364 g/mol. The Balaban J connectivity index is 1.65. The fourth-order valence-electron chi connectivity index (χ4n) is 3.06. The highest BCUT2D eigenvalue weighted by atomic mass is 16.5. The van der Waals surface area contributed by atoms with E-state index in [2.05, 4.69) is 5.32 Å². The van der Waals surface area contributed by atoms with Gasteiger partial charge in [0.05, 0.1) is 14.2 Å². The van der Waals surface area contributed by atoms with Crippen molar-refractivity contribution in [2.45, 2.75) is 6.42 Å². The number of nitrogens with zero attached hydrogens (tertiary/aromatic N) is 1. The minimum Gasteiger partial charge on any atom is -0.493 e. The highest BCUT2D eigenvalue weighted by Crippen LogP contribution is 2.27. The summed E-state index contributed by atoms with van der Waals surface area (Å²) in [5.74, 6) is 0.914. The molecule has 0 aromatic heterocycles. The smallest absolute Gasteiger partial charge is 0.261 e. The molecular formula is C24H22N2O3. The number of fused-ring (bicyclic) bond motifs is 1. The van der Waals surface area contributed by atoms with Crippen molar-refractivity contribution in [3.05, 3.63) is 77.4 Å². The highest BCUT2D eigenvalue weighted by Gasteiger charge is 2.10. The number of hydrogen-bond donors (Lipinski definition) is 1. The van der Waals surface area contributed by atoms with E-state index in [9.17, 15) is 10.1 Å². The Bertz CT molecular complexity index is 1100. The van der Waals surface area contributed by atoms with Crippen molar-refractivity contribution in [2.75, 3.05) is 20.8 Å². The van der Waals surface area contributed by atoms with Crippen LogP contribution in [0.25, 0.3) is 16.8 Å². The van der Waals surface area contributed by atoms with Crippen molar-refractivity contribution in [3.63, 3.8) is 0 Å². The SMILES string of the molecule is COc1ccc(CCNC(=O)/C(C#N)=C\c2ccc3ccccc3c2)cc1OC. The summed E-state index contributed by atoms with van der Waals surface area (Å²) in [6.07, 6.45) is 2.22. The second-order valence-electron chi connectivity index (χ2n) is 6.47. The van der Waals surface area contributed by atoms with Crippen LogP contribution < -0.4 is 14.8 Å². The van der Waals surface area contributed by atoms with Crippen molar-refractivity contribution in [1.29, 1.82) is 5.26 Å². The molecule has 0 unspecified atom stereocenters. The zero-order valence-corrected chi connectivity index (χ0v) is 16.4. The summed E-state index contributed by atoms with van der Waals surface area (Å²) >= 11 is 0. The maximum absolute atomic E-state index is 12.4. The lowest BCUT2D eigenvalue weighted by molar-refractivity contribution is -0.117. The minimum atomic E-state index is -0.388. The number of carbonyl (C=O) groups excluding carboxylic acids is 1. The number of carbonyl (C=O) groups is 1. The van der Waals surface area contributed by atoms with E-state index in [-0.39, 0.29) is 11.5 Å². The summed E-state index contributed by atoms with van der Waals surface area (Å²) in [7, 11) is 3.17. The Kier molecular flexibility index (Phi) is 6.49. The summed E-state index contributed by atoms with van der Waals surface area (Å²) in [6, 6.07) is 21.4. The van der Waals surface area contributed by atoms with Gasteiger partial charge in [0.1, 0.15) is 11.6 Å². The van der Waals surface area contributed by atoms with Gasteiger partial charge in [-0.3, -0.25) is 4.79 Å². The molecule has 1 amide bonds. The summed E-state index contributed by atoms with van der Waals surface area (Å²) in [4.78, 5) is 12.4. The van der Waals surface area contributed by atoms with Gasteiger partial charge >= 0.3 is 0 Å². The van der Waals surface area contributed by atoms with Crippen molar-refractivity contribution in [3.8, 4) is 17.6 Å². The molecule has 0 saturated carbocycles. The zero-order chi connectivity index (χ0) is 20.6. The Labute approximate surface area is 170 Å². The van der Waals surface area contributed by atoms with Crippen LogP contribution in [0.15, 0.2) is 66.2 Å². The van der Waals surface area contributed by atoms with Crippen LogP contribution >= 0.6 is 0 Å². The molecule has 3 rings (SSSR count). The molecule has 3 aromatic rings. The zero-order valence-electron chi connectivity index (χ0n) is 16.4. The lowest BCUT2D eigenvalue weighted by Crippen LogP contribution is -2.26. The second kappa shape index (κ2) is 9.43. The molecule has 0 fully saturated rings. The van der Waals surface area contributed by atoms with Crippen LogP contribution in [0.4, 0.5) is 0 Å². The van der Waals surface area contributed by atoms with Crippen molar-refractivity contribution in [1.82, 2.24) is 5.32 Å². The van der Waals surface area contributed by atoms with Gasteiger partial charge in [0.25, 0.3) is 5.91 Å². The van der Waals surface area contributed by atoms with Gasteiger partial charge in [-0.2, -0.15) is 5.26 Å². The number of nitrogens with one attached hydrogen (secondary N) is 1. The average Bonchev–Trinajstić information content (AvgIpc) is 2.77. The topological polar surface area (TPSA) is 71.3 Å². The Hall–Kier alpha value is -3.78. The number of hydrogen-bond acceptors (Lipinski definition) is 4. The van der Waals surface area contributed by atoms with Crippen LogP contribution in [0.3, 0.4) is 0 Å². The van der Waals surface area contributed by atoms with E-state index in [0.717, 1.165) is 21.9 Å². The van der Waals surface area contributed by atoms with E-state index in [1.54, 1.807) is 20.3 Å². The quantitative estimate of drug-likeness (QED) is 0.490. The molecule has 29 heavy (non-hydrogen) atoms. The molecule has 0 radical (unpaired) electrons.